The predicted molar refractivity (Wildman–Crippen MR) is 116 cm³/mol. The van der Waals surface area contributed by atoms with Crippen LogP contribution in [0.2, 0.25) is 0 Å². The highest BCUT2D eigenvalue weighted by atomic mass is 32.2. The van der Waals surface area contributed by atoms with Gasteiger partial charge in [-0.2, -0.15) is 0 Å². The van der Waals surface area contributed by atoms with Crippen molar-refractivity contribution < 1.29 is 22.3 Å². The molecule has 0 aliphatic carbocycles. The Morgan fingerprint density at radius 2 is 1.90 bits per heavy atom. The molecule has 0 aliphatic rings. The molecule has 1 N–H and O–H groups in total. The first-order valence-corrected chi connectivity index (χ1v) is 11.7. The molecule has 1 atom stereocenters. The molecule has 8 heteroatoms. The molecule has 1 aromatic carbocycles. The second-order valence-electron chi connectivity index (χ2n) is 7.92. The highest BCUT2D eigenvalue weighted by Gasteiger charge is 2.19. The summed E-state index contributed by atoms with van der Waals surface area (Å²) in [6.07, 6.45) is 1.68. The van der Waals surface area contributed by atoms with E-state index in [4.69, 9.17) is 4.74 Å². The summed E-state index contributed by atoms with van der Waals surface area (Å²) in [5, 5.41) is 0. The van der Waals surface area contributed by atoms with Gasteiger partial charge in [0.2, 0.25) is 15.9 Å². The summed E-state index contributed by atoms with van der Waals surface area (Å²) in [4.78, 5) is 17.1. The van der Waals surface area contributed by atoms with E-state index in [2.05, 4.69) is 23.6 Å². The van der Waals surface area contributed by atoms with Gasteiger partial charge in [-0.25, -0.2) is 17.8 Å². The average Bonchev–Trinajstić information content (AvgIpc) is 2.65. The zero-order chi connectivity index (χ0) is 22.5. The van der Waals surface area contributed by atoms with Crippen LogP contribution in [0.15, 0.2) is 30.3 Å². The van der Waals surface area contributed by atoms with E-state index in [0.29, 0.717) is 30.4 Å². The molecule has 0 saturated carbocycles. The molecule has 0 bridgehead atoms. The van der Waals surface area contributed by atoms with Crippen molar-refractivity contribution in [3.05, 3.63) is 53.0 Å². The summed E-state index contributed by atoms with van der Waals surface area (Å²) in [5.41, 5.74) is 2.06. The number of nitrogens with zero attached hydrogens (tertiary/aromatic N) is 1. The van der Waals surface area contributed by atoms with Gasteiger partial charge in [0.05, 0.1) is 18.6 Å². The Hall–Kier alpha value is -2.48. The maximum Gasteiger partial charge on any atom is 0.229 e. The SMILES string of the molecule is Cc1ccc(CCC(=O)C(C)c2ccc(NS(C)(=O)=O)c(F)c2)c(OCC(C)C)n1. The Balaban J connectivity index is 2.07. The highest BCUT2D eigenvalue weighted by molar-refractivity contribution is 7.92. The number of hydrogen-bond acceptors (Lipinski definition) is 5. The molecular weight excluding hydrogens is 407 g/mol. The summed E-state index contributed by atoms with van der Waals surface area (Å²) >= 11 is 0. The normalized spacial score (nSPS) is 12.6. The molecule has 0 radical (unpaired) electrons. The van der Waals surface area contributed by atoms with Crippen molar-refractivity contribution in [1.29, 1.82) is 0 Å². The van der Waals surface area contributed by atoms with E-state index >= 15 is 0 Å². The van der Waals surface area contributed by atoms with Gasteiger partial charge in [0.1, 0.15) is 11.6 Å². The lowest BCUT2D eigenvalue weighted by Gasteiger charge is -2.15. The second-order valence-corrected chi connectivity index (χ2v) is 9.67. The maximum atomic E-state index is 14.2. The molecule has 1 heterocycles. The molecule has 0 aliphatic heterocycles. The fourth-order valence-electron chi connectivity index (χ4n) is 2.87. The lowest BCUT2D eigenvalue weighted by Crippen LogP contribution is -2.13. The fourth-order valence-corrected chi connectivity index (χ4v) is 3.43. The minimum Gasteiger partial charge on any atom is -0.477 e. The van der Waals surface area contributed by atoms with Crippen molar-refractivity contribution >= 4 is 21.5 Å². The third-order valence-corrected chi connectivity index (χ3v) is 5.13. The van der Waals surface area contributed by atoms with E-state index in [-0.39, 0.29) is 17.9 Å². The van der Waals surface area contributed by atoms with Crippen LogP contribution < -0.4 is 9.46 Å². The van der Waals surface area contributed by atoms with Crippen LogP contribution in [-0.2, 0) is 21.2 Å². The number of benzene rings is 1. The number of hydrogen-bond donors (Lipinski definition) is 1. The van der Waals surface area contributed by atoms with Crippen molar-refractivity contribution in [3.63, 3.8) is 0 Å². The minimum absolute atomic E-state index is 0.0476. The molecule has 1 unspecified atom stereocenters. The number of carbonyl (C=O) groups excluding carboxylic acids is 1. The molecular formula is C22H29FN2O4S. The van der Waals surface area contributed by atoms with Crippen LogP contribution in [0.4, 0.5) is 10.1 Å². The molecule has 30 heavy (non-hydrogen) atoms. The molecule has 0 fully saturated rings. The number of aryl methyl sites for hydroxylation is 2. The number of pyridine rings is 1. The number of anilines is 1. The number of aromatic nitrogens is 1. The standard InChI is InChI=1S/C22H29FN2O4S/c1-14(2)13-29-22-17(7-6-15(3)24-22)9-11-21(26)16(4)18-8-10-20(19(23)12-18)25-30(5,27)28/h6-8,10,12,14,16,25H,9,11,13H2,1-5H3. The molecule has 2 aromatic rings. The number of sulfonamides is 1. The van der Waals surface area contributed by atoms with Crippen LogP contribution >= 0.6 is 0 Å². The van der Waals surface area contributed by atoms with Gasteiger partial charge < -0.3 is 4.74 Å². The lowest BCUT2D eigenvalue weighted by molar-refractivity contribution is -0.120. The number of halogens is 1. The number of Topliss-reactive ketones (excluding diaryl/α,β-unsaturated/α-hetero) is 1. The van der Waals surface area contributed by atoms with Crippen LogP contribution in [0.5, 0.6) is 5.88 Å². The molecule has 0 amide bonds. The van der Waals surface area contributed by atoms with Gasteiger partial charge in [-0.15, -0.1) is 0 Å². The van der Waals surface area contributed by atoms with Crippen LogP contribution in [0.25, 0.3) is 0 Å². The summed E-state index contributed by atoms with van der Waals surface area (Å²) in [5.74, 6) is -0.383. The molecule has 1 aromatic heterocycles. The summed E-state index contributed by atoms with van der Waals surface area (Å²) in [6, 6.07) is 7.89. The van der Waals surface area contributed by atoms with Gasteiger partial charge in [-0.05, 0) is 43.0 Å². The molecule has 2 rings (SSSR count). The van der Waals surface area contributed by atoms with Crippen molar-refractivity contribution in [2.75, 3.05) is 17.6 Å². The van der Waals surface area contributed by atoms with E-state index in [0.717, 1.165) is 17.5 Å². The van der Waals surface area contributed by atoms with Gasteiger partial charge in [0.25, 0.3) is 0 Å². The summed E-state index contributed by atoms with van der Waals surface area (Å²) in [6.45, 7) is 8.24. The first-order chi connectivity index (χ1) is 14.0. The van der Waals surface area contributed by atoms with Gasteiger partial charge in [0.15, 0.2) is 0 Å². The van der Waals surface area contributed by atoms with Crippen molar-refractivity contribution in [1.82, 2.24) is 4.98 Å². The highest BCUT2D eigenvalue weighted by Crippen LogP contribution is 2.25. The molecule has 0 spiro atoms. The number of ether oxygens (including phenoxy) is 1. The number of carbonyl (C=O) groups is 1. The van der Waals surface area contributed by atoms with Crippen LogP contribution in [0, 0.1) is 18.7 Å². The smallest absolute Gasteiger partial charge is 0.229 e. The third kappa shape index (κ3) is 7.09. The summed E-state index contributed by atoms with van der Waals surface area (Å²) in [7, 11) is -3.58. The first-order valence-electron chi connectivity index (χ1n) is 9.85. The first kappa shape index (κ1) is 23.8. The van der Waals surface area contributed by atoms with Crippen LogP contribution in [0.1, 0.15) is 49.9 Å². The largest absolute Gasteiger partial charge is 0.477 e. The zero-order valence-electron chi connectivity index (χ0n) is 18.0. The number of nitrogens with one attached hydrogen (secondary N) is 1. The van der Waals surface area contributed by atoms with E-state index < -0.39 is 21.8 Å². The quantitative estimate of drug-likeness (QED) is 0.602. The van der Waals surface area contributed by atoms with Crippen LogP contribution in [-0.4, -0.2) is 32.0 Å². The van der Waals surface area contributed by atoms with E-state index in [9.17, 15) is 17.6 Å². The average molecular weight is 437 g/mol. The lowest BCUT2D eigenvalue weighted by atomic mass is 9.93. The van der Waals surface area contributed by atoms with Gasteiger partial charge in [0, 0.05) is 23.6 Å². The second kappa shape index (κ2) is 10.0. The Morgan fingerprint density at radius 3 is 2.50 bits per heavy atom. The predicted octanol–water partition coefficient (Wildman–Crippen LogP) is 4.24. The van der Waals surface area contributed by atoms with Gasteiger partial charge >= 0.3 is 0 Å². The molecule has 164 valence electrons. The van der Waals surface area contributed by atoms with Crippen molar-refractivity contribution in [2.45, 2.75) is 46.5 Å². The third-order valence-electron chi connectivity index (χ3n) is 4.54. The maximum absolute atomic E-state index is 14.2. The Bertz CT molecular complexity index is 1010. The van der Waals surface area contributed by atoms with Crippen molar-refractivity contribution in [2.24, 2.45) is 5.92 Å². The van der Waals surface area contributed by atoms with Gasteiger partial charge in [-0.1, -0.05) is 32.9 Å². The topological polar surface area (TPSA) is 85.4 Å². The Kier molecular flexibility index (Phi) is 7.95. The number of rotatable bonds is 10. The van der Waals surface area contributed by atoms with Crippen LogP contribution in [0.3, 0.4) is 0 Å². The number of ketones is 1. The zero-order valence-corrected chi connectivity index (χ0v) is 18.8. The Morgan fingerprint density at radius 1 is 1.20 bits per heavy atom. The minimum atomic E-state index is -3.58. The van der Waals surface area contributed by atoms with E-state index in [1.165, 1.54) is 12.1 Å². The monoisotopic (exact) mass is 436 g/mol. The molecule has 6 nitrogen and oxygen atoms in total. The fraction of sp³-hybridized carbons (Fsp3) is 0.455. The van der Waals surface area contributed by atoms with Crippen molar-refractivity contribution in [3.8, 4) is 5.88 Å². The van der Waals surface area contributed by atoms with Gasteiger partial charge in [-0.3, -0.25) is 9.52 Å². The Labute approximate surface area is 177 Å². The van der Waals surface area contributed by atoms with E-state index in [1.807, 2.05) is 19.1 Å². The molecule has 0 saturated heterocycles. The van der Waals surface area contributed by atoms with E-state index in [1.54, 1.807) is 13.0 Å². The summed E-state index contributed by atoms with van der Waals surface area (Å²) < 4.78 is 44.7.